The molecule has 0 aliphatic heterocycles. The molecule has 1 atom stereocenters. The molecule has 3 rings (SSSR count). The molecule has 0 saturated carbocycles. The van der Waals surface area contributed by atoms with Crippen LogP contribution in [0.15, 0.2) is 53.6 Å². The maximum atomic E-state index is 13.4. The summed E-state index contributed by atoms with van der Waals surface area (Å²) in [6.45, 7) is 6.03. The number of carbonyl (C=O) groups is 1. The highest BCUT2D eigenvalue weighted by Gasteiger charge is 2.23. The minimum Gasteiger partial charge on any atom is -0.493 e. The summed E-state index contributed by atoms with van der Waals surface area (Å²) in [6, 6.07) is 12.3. The Balaban J connectivity index is 2.14. The van der Waals surface area contributed by atoms with Crippen molar-refractivity contribution in [2.75, 3.05) is 11.9 Å². The molecule has 0 spiro atoms. The third-order valence-corrected chi connectivity index (χ3v) is 7.17. The van der Waals surface area contributed by atoms with Gasteiger partial charge in [0, 0.05) is 23.3 Å². The van der Waals surface area contributed by atoms with E-state index in [1.54, 1.807) is 49.5 Å². The first-order chi connectivity index (χ1) is 14.2. The molecule has 7 heteroatoms. The molecule has 0 fully saturated rings. The van der Waals surface area contributed by atoms with E-state index < -0.39 is 10.0 Å². The van der Waals surface area contributed by atoms with Gasteiger partial charge in [-0.3, -0.25) is 0 Å². The molecule has 160 valence electrons. The summed E-state index contributed by atoms with van der Waals surface area (Å²) in [4.78, 5) is 11.7. The van der Waals surface area contributed by atoms with Crippen LogP contribution in [0, 0.1) is 6.92 Å². The van der Waals surface area contributed by atoms with Crippen molar-refractivity contribution in [3.05, 3.63) is 59.8 Å². The normalized spacial score (nSPS) is 12.8. The molecule has 30 heavy (non-hydrogen) atoms. The predicted molar refractivity (Wildman–Crippen MR) is 123 cm³/mol. The van der Waals surface area contributed by atoms with Gasteiger partial charge in [0.2, 0.25) is 0 Å². The Hall–Kier alpha value is -2.12. The number of fused-ring (bicyclic) bond motifs is 1. The molecule has 1 aromatic heterocycles. The number of Topliss-reactive ketones (excluding diaryl/α,β-unsaturated/α-hetero) is 1. The van der Waals surface area contributed by atoms with Crippen molar-refractivity contribution in [3.8, 4) is 5.75 Å². The molecule has 0 aliphatic carbocycles. The van der Waals surface area contributed by atoms with Gasteiger partial charge in [0.05, 0.1) is 17.0 Å². The van der Waals surface area contributed by atoms with Gasteiger partial charge in [-0.2, -0.15) is 0 Å². The van der Waals surface area contributed by atoms with Gasteiger partial charge in [0.25, 0.3) is 10.0 Å². The summed E-state index contributed by atoms with van der Waals surface area (Å²) in [6.07, 6.45) is 2.81. The highest BCUT2D eigenvalue weighted by molar-refractivity contribution is 9.09. The van der Waals surface area contributed by atoms with Crippen molar-refractivity contribution in [3.63, 3.8) is 0 Å². The highest BCUT2D eigenvalue weighted by Crippen LogP contribution is 2.35. The topological polar surface area (TPSA) is 65.4 Å². The zero-order valence-corrected chi connectivity index (χ0v) is 19.8. The van der Waals surface area contributed by atoms with Crippen LogP contribution >= 0.6 is 15.9 Å². The molecule has 1 unspecified atom stereocenters. The lowest BCUT2D eigenvalue weighted by Gasteiger charge is -2.10. The standard InChI is InChI=1S/C23H26BrNO4S/c1-16-4-9-20(10-5-16)30(27,28)25-15-22(17(2)6-7-18(3)26)21-14-19(29-13-12-24)8-11-23(21)25/h4-5,8-11,14-15,17H,6-7,12-13H2,1-3H3. The molecular formula is C23H26BrNO4S. The van der Waals surface area contributed by atoms with Gasteiger partial charge in [0.15, 0.2) is 0 Å². The van der Waals surface area contributed by atoms with E-state index in [9.17, 15) is 13.2 Å². The lowest BCUT2D eigenvalue weighted by Crippen LogP contribution is -2.12. The number of aryl methyl sites for hydroxylation is 1. The van der Waals surface area contributed by atoms with E-state index in [1.165, 1.54) is 3.97 Å². The number of carbonyl (C=O) groups excluding carboxylic acids is 1. The third kappa shape index (κ3) is 4.78. The van der Waals surface area contributed by atoms with Gasteiger partial charge in [0.1, 0.15) is 11.5 Å². The summed E-state index contributed by atoms with van der Waals surface area (Å²) in [5, 5.41) is 1.53. The first-order valence-corrected chi connectivity index (χ1v) is 12.5. The fourth-order valence-electron chi connectivity index (χ4n) is 3.44. The van der Waals surface area contributed by atoms with Crippen LogP contribution in [0.1, 0.15) is 43.7 Å². The SMILES string of the molecule is CC(=O)CCC(C)c1cn(S(=O)(=O)c2ccc(C)cc2)c2ccc(OCCBr)cc12. The van der Waals surface area contributed by atoms with Crippen LogP contribution in [0.25, 0.3) is 10.9 Å². The third-order valence-electron chi connectivity index (χ3n) is 5.16. The Morgan fingerprint density at radius 1 is 1.17 bits per heavy atom. The number of rotatable bonds is 9. The summed E-state index contributed by atoms with van der Waals surface area (Å²) in [7, 11) is -3.75. The monoisotopic (exact) mass is 491 g/mol. The second kappa shape index (κ2) is 9.35. The number of aromatic nitrogens is 1. The second-order valence-corrected chi connectivity index (χ2v) is 10.2. The Kier molecular flexibility index (Phi) is 7.03. The second-order valence-electron chi connectivity index (χ2n) is 7.56. The molecule has 2 aromatic carbocycles. The summed E-state index contributed by atoms with van der Waals surface area (Å²) < 4.78 is 33.9. The van der Waals surface area contributed by atoms with E-state index in [0.717, 1.165) is 16.5 Å². The molecule has 1 heterocycles. The quantitative estimate of drug-likeness (QED) is 0.374. The Bertz CT molecular complexity index is 1150. The Labute approximate surface area is 186 Å². The molecule has 5 nitrogen and oxygen atoms in total. The zero-order valence-electron chi connectivity index (χ0n) is 17.4. The molecule has 0 radical (unpaired) electrons. The van der Waals surface area contributed by atoms with Crippen LogP contribution in [0.3, 0.4) is 0 Å². The van der Waals surface area contributed by atoms with E-state index >= 15 is 0 Å². The Morgan fingerprint density at radius 2 is 1.87 bits per heavy atom. The van der Waals surface area contributed by atoms with E-state index in [0.29, 0.717) is 36.0 Å². The highest BCUT2D eigenvalue weighted by atomic mass is 79.9. The molecule has 0 N–H and O–H groups in total. The van der Waals surface area contributed by atoms with E-state index in [1.807, 2.05) is 19.9 Å². The van der Waals surface area contributed by atoms with Crippen LogP contribution in [-0.2, 0) is 14.8 Å². The van der Waals surface area contributed by atoms with Gasteiger partial charge >= 0.3 is 0 Å². The molecule has 0 saturated heterocycles. The molecule has 0 amide bonds. The fraction of sp³-hybridized carbons (Fsp3) is 0.348. The van der Waals surface area contributed by atoms with Crippen LogP contribution in [0.2, 0.25) is 0 Å². The van der Waals surface area contributed by atoms with Gasteiger partial charge in [-0.15, -0.1) is 0 Å². The van der Waals surface area contributed by atoms with Crippen LogP contribution in [-0.4, -0.2) is 30.1 Å². The molecule has 0 bridgehead atoms. The largest absolute Gasteiger partial charge is 0.493 e. The minimum absolute atomic E-state index is 0.0253. The van der Waals surface area contributed by atoms with Crippen LogP contribution < -0.4 is 4.74 Å². The van der Waals surface area contributed by atoms with E-state index in [2.05, 4.69) is 15.9 Å². The Morgan fingerprint density at radius 3 is 2.50 bits per heavy atom. The smallest absolute Gasteiger partial charge is 0.268 e. The number of ketones is 1. The van der Waals surface area contributed by atoms with Gasteiger partial charge in [-0.25, -0.2) is 12.4 Å². The van der Waals surface area contributed by atoms with E-state index in [-0.39, 0.29) is 16.6 Å². The van der Waals surface area contributed by atoms with Crippen LogP contribution in [0.4, 0.5) is 0 Å². The van der Waals surface area contributed by atoms with Crippen molar-refractivity contribution in [2.24, 2.45) is 0 Å². The van der Waals surface area contributed by atoms with E-state index in [4.69, 9.17) is 4.74 Å². The summed E-state index contributed by atoms with van der Waals surface area (Å²) >= 11 is 3.35. The number of ether oxygens (including phenoxy) is 1. The first-order valence-electron chi connectivity index (χ1n) is 9.89. The van der Waals surface area contributed by atoms with Crippen molar-refractivity contribution in [1.82, 2.24) is 3.97 Å². The molecule has 0 aliphatic rings. The average molecular weight is 492 g/mol. The van der Waals surface area contributed by atoms with Crippen molar-refractivity contribution in [2.45, 2.75) is 44.4 Å². The molecular weight excluding hydrogens is 466 g/mol. The first kappa shape index (κ1) is 22.6. The number of alkyl halides is 1. The van der Waals surface area contributed by atoms with Crippen molar-refractivity contribution >= 4 is 42.6 Å². The van der Waals surface area contributed by atoms with Crippen molar-refractivity contribution in [1.29, 1.82) is 0 Å². The fourth-order valence-corrected chi connectivity index (χ4v) is 4.98. The van der Waals surface area contributed by atoms with Crippen LogP contribution in [0.5, 0.6) is 5.75 Å². The molecule has 3 aromatic rings. The number of halogens is 1. The predicted octanol–water partition coefficient (Wildman–Crippen LogP) is 5.43. The lowest BCUT2D eigenvalue weighted by atomic mass is 9.95. The average Bonchev–Trinajstić information content (AvgIpc) is 3.10. The van der Waals surface area contributed by atoms with Crippen molar-refractivity contribution < 1.29 is 17.9 Å². The maximum absolute atomic E-state index is 13.4. The summed E-state index contributed by atoms with van der Waals surface area (Å²) in [5.74, 6) is 0.837. The summed E-state index contributed by atoms with van der Waals surface area (Å²) in [5.41, 5.74) is 2.50. The number of nitrogens with zero attached hydrogens (tertiary/aromatic N) is 1. The number of hydrogen-bond donors (Lipinski definition) is 0. The number of hydrogen-bond acceptors (Lipinski definition) is 4. The minimum atomic E-state index is -3.75. The lowest BCUT2D eigenvalue weighted by molar-refractivity contribution is -0.117. The maximum Gasteiger partial charge on any atom is 0.268 e. The van der Waals surface area contributed by atoms with Gasteiger partial charge in [-0.05, 0) is 62.1 Å². The van der Waals surface area contributed by atoms with Gasteiger partial charge in [-0.1, -0.05) is 40.5 Å². The zero-order chi connectivity index (χ0) is 21.9. The number of benzene rings is 2. The van der Waals surface area contributed by atoms with Gasteiger partial charge < -0.3 is 9.53 Å².